The van der Waals surface area contributed by atoms with Gasteiger partial charge in [-0.2, -0.15) is 4.98 Å². The van der Waals surface area contributed by atoms with Gasteiger partial charge in [-0.05, 0) is 12.1 Å². The van der Waals surface area contributed by atoms with Crippen LogP contribution >= 0.6 is 11.6 Å². The van der Waals surface area contributed by atoms with Crippen LogP contribution in [0.15, 0.2) is 54.6 Å². The Labute approximate surface area is 160 Å². The van der Waals surface area contributed by atoms with Crippen molar-refractivity contribution in [1.29, 1.82) is 0 Å². The zero-order chi connectivity index (χ0) is 18.8. The molecule has 0 unspecified atom stereocenters. The van der Waals surface area contributed by atoms with E-state index in [1.165, 1.54) is 0 Å². The molecule has 0 bridgehead atoms. The highest BCUT2D eigenvalue weighted by Gasteiger charge is 2.36. The minimum atomic E-state index is -0.493. The molecular formula is C19H16ClN5O2. The van der Waals surface area contributed by atoms with E-state index in [-0.39, 0.29) is 30.7 Å². The molecule has 3 aromatic rings. The van der Waals surface area contributed by atoms with Gasteiger partial charge < -0.3 is 4.90 Å². The van der Waals surface area contributed by atoms with E-state index >= 15 is 0 Å². The van der Waals surface area contributed by atoms with Crippen LogP contribution in [-0.4, -0.2) is 33.5 Å². The van der Waals surface area contributed by atoms with Crippen LogP contribution in [0.1, 0.15) is 6.42 Å². The third-order valence-corrected chi connectivity index (χ3v) is 4.73. The predicted molar refractivity (Wildman–Crippen MR) is 102 cm³/mol. The number of hydrogen-bond acceptors (Lipinski definition) is 4. The van der Waals surface area contributed by atoms with E-state index in [1.807, 2.05) is 30.3 Å². The molecule has 1 atom stereocenters. The van der Waals surface area contributed by atoms with Gasteiger partial charge in [0.25, 0.3) is 0 Å². The number of halogens is 1. The van der Waals surface area contributed by atoms with Gasteiger partial charge in [0.05, 0.1) is 16.6 Å². The summed E-state index contributed by atoms with van der Waals surface area (Å²) in [5.41, 5.74) is 1.48. The van der Waals surface area contributed by atoms with Gasteiger partial charge in [-0.25, -0.2) is 0 Å². The lowest BCUT2D eigenvalue weighted by atomic mass is 10.1. The van der Waals surface area contributed by atoms with Crippen LogP contribution in [0.3, 0.4) is 0 Å². The van der Waals surface area contributed by atoms with Crippen LogP contribution in [0.4, 0.5) is 11.6 Å². The summed E-state index contributed by atoms with van der Waals surface area (Å²) in [5.74, 6) is -0.180. The highest BCUT2D eigenvalue weighted by molar-refractivity contribution is 6.33. The third-order valence-electron chi connectivity index (χ3n) is 4.41. The first kappa shape index (κ1) is 17.2. The molecule has 27 heavy (non-hydrogen) atoms. The number of aromatic nitrogens is 3. The molecule has 2 heterocycles. The molecule has 8 heteroatoms. The van der Waals surface area contributed by atoms with Gasteiger partial charge in [0.15, 0.2) is 5.82 Å². The van der Waals surface area contributed by atoms with Gasteiger partial charge in [-0.1, -0.05) is 54.1 Å². The SMILES string of the molecule is O=C(Nc1n[nH]c(-c2ccccc2)n1)[C@H]1CC(=O)N(c2ccccc2Cl)C1. The molecule has 1 saturated heterocycles. The highest BCUT2D eigenvalue weighted by Crippen LogP contribution is 2.31. The van der Waals surface area contributed by atoms with E-state index in [9.17, 15) is 9.59 Å². The summed E-state index contributed by atoms with van der Waals surface area (Å²) in [4.78, 5) is 30.7. The van der Waals surface area contributed by atoms with Crippen LogP contribution in [-0.2, 0) is 9.59 Å². The van der Waals surface area contributed by atoms with Crippen molar-refractivity contribution in [2.75, 3.05) is 16.8 Å². The molecule has 2 amide bonds. The molecule has 0 radical (unpaired) electrons. The number of anilines is 2. The summed E-state index contributed by atoms with van der Waals surface area (Å²) in [7, 11) is 0. The number of para-hydroxylation sites is 1. The average molecular weight is 382 g/mol. The van der Waals surface area contributed by atoms with E-state index in [4.69, 9.17) is 11.6 Å². The highest BCUT2D eigenvalue weighted by atomic mass is 35.5. The van der Waals surface area contributed by atoms with Gasteiger partial charge in [-0.15, -0.1) is 5.10 Å². The zero-order valence-corrected chi connectivity index (χ0v) is 15.0. The Kier molecular flexibility index (Phi) is 4.60. The van der Waals surface area contributed by atoms with Crippen LogP contribution in [0, 0.1) is 5.92 Å². The van der Waals surface area contributed by atoms with Gasteiger partial charge >= 0.3 is 0 Å². The van der Waals surface area contributed by atoms with Gasteiger partial charge in [0.2, 0.25) is 17.8 Å². The van der Waals surface area contributed by atoms with Crippen molar-refractivity contribution < 1.29 is 9.59 Å². The molecule has 1 aliphatic heterocycles. The van der Waals surface area contributed by atoms with Gasteiger partial charge in [-0.3, -0.25) is 20.0 Å². The van der Waals surface area contributed by atoms with Crippen LogP contribution in [0.25, 0.3) is 11.4 Å². The molecule has 1 aliphatic rings. The number of hydrogen-bond donors (Lipinski definition) is 2. The number of carbonyl (C=O) groups excluding carboxylic acids is 2. The summed E-state index contributed by atoms with van der Waals surface area (Å²) in [6.07, 6.45) is 0.118. The monoisotopic (exact) mass is 381 g/mol. The average Bonchev–Trinajstić information content (AvgIpc) is 3.30. The topological polar surface area (TPSA) is 91.0 Å². The maximum Gasteiger partial charge on any atom is 0.249 e. The smallest absolute Gasteiger partial charge is 0.249 e. The Morgan fingerprint density at radius 2 is 1.89 bits per heavy atom. The molecule has 1 aromatic heterocycles. The standard InChI is InChI=1S/C19H16ClN5O2/c20-14-8-4-5-9-15(14)25-11-13(10-16(25)26)18(27)22-19-21-17(23-24-19)12-6-2-1-3-7-12/h1-9,13H,10-11H2,(H2,21,22,23,24,27)/t13-/m0/s1. The second kappa shape index (κ2) is 7.20. The Morgan fingerprint density at radius 1 is 1.15 bits per heavy atom. The summed E-state index contributed by atoms with van der Waals surface area (Å²) < 4.78 is 0. The molecule has 1 fully saturated rings. The lowest BCUT2D eigenvalue weighted by Gasteiger charge is -2.17. The molecule has 0 spiro atoms. The first-order valence-electron chi connectivity index (χ1n) is 8.45. The predicted octanol–water partition coefficient (Wildman–Crippen LogP) is 3.12. The second-order valence-electron chi connectivity index (χ2n) is 6.22. The van der Waals surface area contributed by atoms with Gasteiger partial charge in [0.1, 0.15) is 0 Å². The van der Waals surface area contributed by atoms with Crippen molar-refractivity contribution in [3.05, 3.63) is 59.6 Å². The lowest BCUT2D eigenvalue weighted by molar-refractivity contribution is -0.122. The number of carbonyl (C=O) groups is 2. The van der Waals surface area contributed by atoms with E-state index in [2.05, 4.69) is 20.5 Å². The number of benzene rings is 2. The van der Waals surface area contributed by atoms with Crippen molar-refractivity contribution in [2.24, 2.45) is 5.92 Å². The van der Waals surface area contributed by atoms with Crippen LogP contribution in [0.2, 0.25) is 5.02 Å². The zero-order valence-electron chi connectivity index (χ0n) is 14.2. The number of aromatic amines is 1. The van der Waals surface area contributed by atoms with Gasteiger partial charge in [0, 0.05) is 18.5 Å². The van der Waals surface area contributed by atoms with E-state index in [0.29, 0.717) is 16.5 Å². The lowest BCUT2D eigenvalue weighted by Crippen LogP contribution is -2.28. The molecule has 2 aromatic carbocycles. The fourth-order valence-corrected chi connectivity index (χ4v) is 3.28. The van der Waals surface area contributed by atoms with Crippen LogP contribution < -0.4 is 10.2 Å². The number of amides is 2. The molecule has 0 saturated carbocycles. The van der Waals surface area contributed by atoms with E-state index in [1.54, 1.807) is 29.2 Å². The Balaban J connectivity index is 1.45. The molecule has 0 aliphatic carbocycles. The number of nitrogens with one attached hydrogen (secondary N) is 2. The van der Waals surface area contributed by atoms with Crippen molar-refractivity contribution in [2.45, 2.75) is 6.42 Å². The fourth-order valence-electron chi connectivity index (χ4n) is 3.04. The summed E-state index contributed by atoms with van der Waals surface area (Å²) in [5, 5.41) is 9.98. The van der Waals surface area contributed by atoms with E-state index in [0.717, 1.165) is 5.56 Å². The van der Waals surface area contributed by atoms with Crippen molar-refractivity contribution >= 4 is 35.1 Å². The largest absolute Gasteiger partial charge is 0.310 e. The summed E-state index contributed by atoms with van der Waals surface area (Å²) >= 11 is 6.17. The molecule has 2 N–H and O–H groups in total. The molecule has 4 rings (SSSR count). The van der Waals surface area contributed by atoms with E-state index < -0.39 is 5.92 Å². The van der Waals surface area contributed by atoms with Crippen LogP contribution in [0.5, 0.6) is 0 Å². The normalized spacial score (nSPS) is 16.6. The van der Waals surface area contributed by atoms with Crippen molar-refractivity contribution in [3.63, 3.8) is 0 Å². The maximum absolute atomic E-state index is 12.6. The third kappa shape index (κ3) is 3.54. The summed E-state index contributed by atoms with van der Waals surface area (Å²) in [6, 6.07) is 16.6. The second-order valence-corrected chi connectivity index (χ2v) is 6.63. The Morgan fingerprint density at radius 3 is 2.67 bits per heavy atom. The molecule has 136 valence electrons. The van der Waals surface area contributed by atoms with Crippen molar-refractivity contribution in [3.8, 4) is 11.4 Å². The fraction of sp³-hybridized carbons (Fsp3) is 0.158. The maximum atomic E-state index is 12.6. The Hall–Kier alpha value is -3.19. The first-order chi connectivity index (χ1) is 13.1. The first-order valence-corrected chi connectivity index (χ1v) is 8.83. The van der Waals surface area contributed by atoms with Crippen molar-refractivity contribution in [1.82, 2.24) is 15.2 Å². The quantitative estimate of drug-likeness (QED) is 0.726. The Bertz CT molecular complexity index is 989. The molecular weight excluding hydrogens is 366 g/mol. The number of nitrogens with zero attached hydrogens (tertiary/aromatic N) is 3. The minimum absolute atomic E-state index is 0.118. The minimum Gasteiger partial charge on any atom is -0.310 e. The molecule has 7 nitrogen and oxygen atoms in total. The number of H-pyrrole nitrogens is 1. The summed E-state index contributed by atoms with van der Waals surface area (Å²) in [6.45, 7) is 0.268. The number of rotatable bonds is 4.